The van der Waals surface area contributed by atoms with E-state index in [0.29, 0.717) is 12.3 Å². The molecule has 0 aromatic rings. The van der Waals surface area contributed by atoms with Gasteiger partial charge in [0.1, 0.15) is 6.04 Å². The molecule has 1 N–H and O–H groups in total. The summed E-state index contributed by atoms with van der Waals surface area (Å²) in [4.78, 5) is 13.0. The van der Waals surface area contributed by atoms with Crippen LogP contribution in [0.25, 0.3) is 0 Å². The summed E-state index contributed by atoms with van der Waals surface area (Å²) < 4.78 is 5.33. The van der Waals surface area contributed by atoms with Gasteiger partial charge in [0.25, 0.3) is 0 Å². The van der Waals surface area contributed by atoms with Gasteiger partial charge in [0.2, 0.25) is 0 Å². The first-order valence-electron chi connectivity index (χ1n) is 5.60. The highest BCUT2D eigenvalue weighted by atomic mass is 16.5. The second-order valence-electron chi connectivity index (χ2n) is 4.29. The molecule has 0 aromatic heterocycles. The van der Waals surface area contributed by atoms with E-state index in [9.17, 15) is 4.79 Å². The Morgan fingerprint density at radius 1 is 1.67 bits per heavy atom. The van der Waals surface area contributed by atoms with E-state index in [-0.39, 0.29) is 12.1 Å². The van der Waals surface area contributed by atoms with Gasteiger partial charge in [-0.15, -0.1) is 0 Å². The average Bonchev–Trinajstić information content (AvgIpc) is 2.69. The number of hydrogen-bond donors (Lipinski definition) is 1. The van der Waals surface area contributed by atoms with Gasteiger partial charge in [0.05, 0.1) is 6.61 Å². The highest BCUT2D eigenvalue weighted by Crippen LogP contribution is 2.22. The molecule has 1 saturated heterocycles. The Labute approximate surface area is 91.2 Å². The first-order chi connectivity index (χ1) is 7.07. The summed E-state index contributed by atoms with van der Waals surface area (Å²) in [6, 6.07) is -0.103. The number of carboxylic acid groups (broad SMARTS) is 1. The molecule has 0 aromatic carbocycles. The molecule has 0 bridgehead atoms. The minimum atomic E-state index is -0.731. The molecule has 88 valence electrons. The van der Waals surface area contributed by atoms with E-state index in [2.05, 4.69) is 6.92 Å². The SMILES string of the molecule is CCC(C(=O)O)N(C)C(C)C1CCOC1. The van der Waals surface area contributed by atoms with Gasteiger partial charge in [-0.05, 0) is 32.7 Å². The summed E-state index contributed by atoms with van der Waals surface area (Å²) in [5.74, 6) is -0.255. The molecule has 0 spiro atoms. The van der Waals surface area contributed by atoms with E-state index in [0.717, 1.165) is 19.6 Å². The zero-order valence-corrected chi connectivity index (χ0v) is 9.77. The Kier molecular flexibility index (Phi) is 4.54. The predicted octanol–water partition coefficient (Wildman–Crippen LogP) is 1.21. The van der Waals surface area contributed by atoms with Crippen molar-refractivity contribution < 1.29 is 14.6 Å². The second kappa shape index (κ2) is 5.47. The zero-order valence-electron chi connectivity index (χ0n) is 9.77. The monoisotopic (exact) mass is 215 g/mol. The standard InChI is InChI=1S/C11H21NO3/c1-4-10(11(13)14)12(3)8(2)9-5-6-15-7-9/h8-10H,4-7H2,1-3H3,(H,13,14). The van der Waals surface area contributed by atoms with E-state index in [1.165, 1.54) is 0 Å². The minimum absolute atomic E-state index is 0.272. The van der Waals surface area contributed by atoms with Crippen LogP contribution in [0.2, 0.25) is 0 Å². The molecule has 1 rings (SSSR count). The highest BCUT2D eigenvalue weighted by Gasteiger charge is 2.31. The van der Waals surface area contributed by atoms with Crippen LogP contribution in [0.15, 0.2) is 0 Å². The number of nitrogens with zero attached hydrogens (tertiary/aromatic N) is 1. The Morgan fingerprint density at radius 3 is 2.73 bits per heavy atom. The Hall–Kier alpha value is -0.610. The third-order valence-electron chi connectivity index (χ3n) is 3.45. The third kappa shape index (κ3) is 2.92. The molecule has 1 heterocycles. The van der Waals surface area contributed by atoms with Gasteiger partial charge in [-0.3, -0.25) is 9.69 Å². The normalized spacial score (nSPS) is 25.5. The van der Waals surface area contributed by atoms with Crippen molar-refractivity contribution in [2.45, 2.75) is 38.8 Å². The van der Waals surface area contributed by atoms with Crippen molar-refractivity contribution in [1.82, 2.24) is 4.90 Å². The fourth-order valence-corrected chi connectivity index (χ4v) is 2.19. The smallest absolute Gasteiger partial charge is 0.320 e. The molecule has 1 aliphatic rings. The molecule has 15 heavy (non-hydrogen) atoms. The number of ether oxygens (including phenoxy) is 1. The second-order valence-corrected chi connectivity index (χ2v) is 4.29. The number of aliphatic carboxylic acids is 1. The molecule has 0 aliphatic carbocycles. The van der Waals surface area contributed by atoms with Crippen LogP contribution in [0.4, 0.5) is 0 Å². The largest absolute Gasteiger partial charge is 0.480 e. The summed E-state index contributed by atoms with van der Waals surface area (Å²) in [5.41, 5.74) is 0. The molecule has 1 fully saturated rings. The fourth-order valence-electron chi connectivity index (χ4n) is 2.19. The van der Waals surface area contributed by atoms with Crippen LogP contribution in [0.5, 0.6) is 0 Å². The topological polar surface area (TPSA) is 49.8 Å². The summed E-state index contributed by atoms with van der Waals surface area (Å²) in [5, 5.41) is 9.06. The number of rotatable bonds is 5. The lowest BCUT2D eigenvalue weighted by Crippen LogP contribution is -2.46. The molecule has 3 atom stereocenters. The first-order valence-corrected chi connectivity index (χ1v) is 5.60. The van der Waals surface area contributed by atoms with E-state index in [1.54, 1.807) is 0 Å². The highest BCUT2D eigenvalue weighted by molar-refractivity contribution is 5.73. The summed E-state index contributed by atoms with van der Waals surface area (Å²) in [6.07, 6.45) is 1.69. The number of likely N-dealkylation sites (N-methyl/N-ethyl adjacent to an activating group) is 1. The number of carboxylic acids is 1. The van der Waals surface area contributed by atoms with Crippen molar-refractivity contribution in [1.29, 1.82) is 0 Å². The summed E-state index contributed by atoms with van der Waals surface area (Å²) >= 11 is 0. The van der Waals surface area contributed by atoms with E-state index >= 15 is 0 Å². The van der Waals surface area contributed by atoms with Crippen molar-refractivity contribution in [3.8, 4) is 0 Å². The lowest BCUT2D eigenvalue weighted by Gasteiger charge is -2.33. The van der Waals surface area contributed by atoms with Crippen molar-refractivity contribution in [2.75, 3.05) is 20.3 Å². The van der Waals surface area contributed by atoms with Crippen LogP contribution >= 0.6 is 0 Å². The van der Waals surface area contributed by atoms with Crippen molar-refractivity contribution >= 4 is 5.97 Å². The molecular formula is C11H21NO3. The molecule has 1 aliphatic heterocycles. The predicted molar refractivity (Wildman–Crippen MR) is 57.9 cm³/mol. The number of hydrogen-bond acceptors (Lipinski definition) is 3. The lowest BCUT2D eigenvalue weighted by atomic mass is 9.97. The van der Waals surface area contributed by atoms with Gasteiger partial charge in [-0.25, -0.2) is 0 Å². The summed E-state index contributed by atoms with van der Waals surface area (Å²) in [7, 11) is 1.89. The summed E-state index contributed by atoms with van der Waals surface area (Å²) in [6.45, 7) is 5.58. The van der Waals surface area contributed by atoms with Gasteiger partial charge < -0.3 is 9.84 Å². The molecule has 4 heteroatoms. The minimum Gasteiger partial charge on any atom is -0.480 e. The van der Waals surface area contributed by atoms with Crippen LogP contribution < -0.4 is 0 Å². The maximum absolute atomic E-state index is 11.0. The van der Waals surface area contributed by atoms with Gasteiger partial charge in [-0.2, -0.15) is 0 Å². The molecule has 0 saturated carbocycles. The van der Waals surface area contributed by atoms with Crippen LogP contribution in [0, 0.1) is 5.92 Å². The maximum Gasteiger partial charge on any atom is 0.320 e. The molecule has 0 radical (unpaired) electrons. The van der Waals surface area contributed by atoms with E-state index in [4.69, 9.17) is 9.84 Å². The van der Waals surface area contributed by atoms with Gasteiger partial charge >= 0.3 is 5.97 Å². The quantitative estimate of drug-likeness (QED) is 0.749. The van der Waals surface area contributed by atoms with Gasteiger partial charge in [0.15, 0.2) is 0 Å². The Morgan fingerprint density at radius 2 is 2.33 bits per heavy atom. The van der Waals surface area contributed by atoms with Crippen LogP contribution in [-0.4, -0.2) is 48.3 Å². The van der Waals surface area contributed by atoms with Gasteiger partial charge in [-0.1, -0.05) is 6.92 Å². The molecule has 4 nitrogen and oxygen atoms in total. The maximum atomic E-state index is 11.0. The van der Waals surface area contributed by atoms with Crippen molar-refractivity contribution in [2.24, 2.45) is 5.92 Å². The third-order valence-corrected chi connectivity index (χ3v) is 3.45. The van der Waals surface area contributed by atoms with Gasteiger partial charge in [0, 0.05) is 12.6 Å². The Bertz CT molecular complexity index is 214. The van der Waals surface area contributed by atoms with Crippen LogP contribution in [0.1, 0.15) is 26.7 Å². The Balaban J connectivity index is 2.56. The first kappa shape index (κ1) is 12.5. The van der Waals surface area contributed by atoms with E-state index < -0.39 is 5.97 Å². The molecule has 3 unspecified atom stereocenters. The lowest BCUT2D eigenvalue weighted by molar-refractivity contribution is -0.144. The van der Waals surface area contributed by atoms with Crippen LogP contribution in [-0.2, 0) is 9.53 Å². The average molecular weight is 215 g/mol. The van der Waals surface area contributed by atoms with Crippen molar-refractivity contribution in [3.63, 3.8) is 0 Å². The van der Waals surface area contributed by atoms with Crippen molar-refractivity contribution in [3.05, 3.63) is 0 Å². The number of carbonyl (C=O) groups is 1. The molecule has 0 amide bonds. The molecular weight excluding hydrogens is 194 g/mol. The zero-order chi connectivity index (χ0) is 11.4. The fraction of sp³-hybridized carbons (Fsp3) is 0.909. The van der Waals surface area contributed by atoms with E-state index in [1.807, 2.05) is 18.9 Å². The van der Waals surface area contributed by atoms with Crippen LogP contribution in [0.3, 0.4) is 0 Å².